The molecule has 0 saturated carbocycles. The van der Waals surface area contributed by atoms with Crippen LogP contribution in [0.5, 0.6) is 0 Å². The highest BCUT2D eigenvalue weighted by Crippen LogP contribution is 2.08. The number of benzene rings is 1. The summed E-state index contributed by atoms with van der Waals surface area (Å²) in [6, 6.07) is 9.20. The van der Waals surface area contributed by atoms with Crippen LogP contribution in [0.4, 0.5) is 5.69 Å². The maximum atomic E-state index is 11.1. The quantitative estimate of drug-likeness (QED) is 0.460. The molecular formula is C10H14N2O2S+. The molecule has 1 aromatic rings. The summed E-state index contributed by atoms with van der Waals surface area (Å²) in [7, 11) is -3.18. The first-order valence-electron chi connectivity index (χ1n) is 4.47. The van der Waals surface area contributed by atoms with Crippen LogP contribution in [0.15, 0.2) is 42.3 Å². The molecule has 5 heteroatoms. The molecule has 0 saturated heterocycles. The molecule has 15 heavy (non-hydrogen) atoms. The molecule has 81 valence electrons. The molecule has 1 radical (unpaired) electrons. The van der Waals surface area contributed by atoms with Crippen molar-refractivity contribution in [3.8, 4) is 0 Å². The van der Waals surface area contributed by atoms with E-state index in [1.807, 2.05) is 30.3 Å². The molecule has 0 fully saturated rings. The van der Waals surface area contributed by atoms with Crippen LogP contribution in [-0.4, -0.2) is 20.7 Å². The lowest BCUT2D eigenvalue weighted by Crippen LogP contribution is -2.36. The molecule has 2 N–H and O–H groups in total. The summed E-state index contributed by atoms with van der Waals surface area (Å²) >= 11 is 0. The van der Waals surface area contributed by atoms with Crippen LogP contribution in [0.3, 0.4) is 0 Å². The van der Waals surface area contributed by atoms with E-state index in [2.05, 4.69) is 6.58 Å². The molecule has 0 spiro atoms. The van der Waals surface area contributed by atoms with Crippen molar-refractivity contribution in [3.63, 3.8) is 0 Å². The number of rotatable bonds is 5. The lowest BCUT2D eigenvalue weighted by molar-refractivity contribution is 0.567. The van der Waals surface area contributed by atoms with Gasteiger partial charge in [-0.2, -0.15) is 0 Å². The molecule has 4 nitrogen and oxygen atoms in total. The second-order valence-electron chi connectivity index (χ2n) is 3.06. The minimum absolute atomic E-state index is 0.0259. The summed E-state index contributed by atoms with van der Waals surface area (Å²) in [6.45, 7) is 3.48. The predicted molar refractivity (Wildman–Crippen MR) is 61.3 cm³/mol. The van der Waals surface area contributed by atoms with Gasteiger partial charge in [0, 0.05) is 17.5 Å². The van der Waals surface area contributed by atoms with Crippen LogP contribution in [-0.2, 0) is 9.84 Å². The number of hydrazine groups is 1. The van der Waals surface area contributed by atoms with Crippen molar-refractivity contribution in [1.82, 2.24) is 5.01 Å². The first-order chi connectivity index (χ1) is 7.05. The molecular weight excluding hydrogens is 212 g/mol. The van der Waals surface area contributed by atoms with E-state index in [1.165, 1.54) is 5.01 Å². The van der Waals surface area contributed by atoms with Crippen LogP contribution in [0.2, 0.25) is 0 Å². The van der Waals surface area contributed by atoms with Crippen LogP contribution in [0.25, 0.3) is 0 Å². The van der Waals surface area contributed by atoms with E-state index < -0.39 is 9.84 Å². The second-order valence-corrected chi connectivity index (χ2v) is 5.13. The zero-order valence-corrected chi connectivity index (χ0v) is 9.15. The summed E-state index contributed by atoms with van der Waals surface area (Å²) in [5, 5.41) is 2.35. The minimum atomic E-state index is -3.18. The fourth-order valence-electron chi connectivity index (χ4n) is 1.06. The molecule has 0 aromatic heterocycles. The molecule has 0 aliphatic rings. The third kappa shape index (κ3) is 3.83. The van der Waals surface area contributed by atoms with Gasteiger partial charge >= 0.3 is 0 Å². The van der Waals surface area contributed by atoms with Crippen molar-refractivity contribution in [2.75, 3.05) is 12.3 Å². The molecule has 0 aliphatic heterocycles. The Morgan fingerprint density at radius 1 is 1.33 bits per heavy atom. The van der Waals surface area contributed by atoms with Gasteiger partial charge in [-0.05, 0) is 5.01 Å². The highest BCUT2D eigenvalue weighted by molar-refractivity contribution is 7.94. The molecule has 0 bridgehead atoms. The van der Waals surface area contributed by atoms with Crippen LogP contribution in [0, 0.1) is 0 Å². The van der Waals surface area contributed by atoms with Gasteiger partial charge in [-0.3, -0.25) is 0 Å². The maximum Gasteiger partial charge on any atom is 0.202 e. The predicted octanol–water partition coefficient (Wildman–Crippen LogP) is 0.890. The lowest BCUT2D eigenvalue weighted by atomic mass is 10.3. The van der Waals surface area contributed by atoms with Crippen molar-refractivity contribution >= 4 is 15.5 Å². The average Bonchev–Trinajstić information content (AvgIpc) is 2.27. The topological polar surface area (TPSA) is 66.1 Å². The van der Waals surface area contributed by atoms with E-state index in [1.54, 1.807) is 0 Å². The fraction of sp³-hybridized carbons (Fsp3) is 0.200. The van der Waals surface area contributed by atoms with E-state index in [0.717, 1.165) is 11.1 Å². The van der Waals surface area contributed by atoms with E-state index >= 15 is 0 Å². The largest absolute Gasteiger partial charge is 0.224 e. The van der Waals surface area contributed by atoms with Gasteiger partial charge in [0.25, 0.3) is 0 Å². The van der Waals surface area contributed by atoms with Crippen LogP contribution < -0.4 is 10.9 Å². The number of sulfone groups is 1. The van der Waals surface area contributed by atoms with Gasteiger partial charge in [-0.25, -0.2) is 8.42 Å². The van der Waals surface area contributed by atoms with Crippen molar-refractivity contribution in [1.29, 1.82) is 0 Å². The number of hydrogen-bond acceptors (Lipinski definition) is 4. The molecule has 0 heterocycles. The summed E-state index contributed by atoms with van der Waals surface area (Å²) in [4.78, 5) is 0. The van der Waals surface area contributed by atoms with E-state index in [4.69, 9.17) is 5.84 Å². The van der Waals surface area contributed by atoms with Crippen LogP contribution >= 0.6 is 0 Å². The maximum absolute atomic E-state index is 11.1. The third-order valence-corrected chi connectivity index (χ3v) is 3.22. The summed E-state index contributed by atoms with van der Waals surface area (Å²) in [5.41, 5.74) is 0.789. The third-order valence-electron chi connectivity index (χ3n) is 1.96. The Morgan fingerprint density at radius 3 is 2.47 bits per heavy atom. The number of para-hydroxylation sites is 1. The molecule has 1 rings (SSSR count). The van der Waals surface area contributed by atoms with Gasteiger partial charge in [0.1, 0.15) is 5.75 Å². The van der Waals surface area contributed by atoms with Crippen LogP contribution in [0.1, 0.15) is 0 Å². The fourth-order valence-corrected chi connectivity index (χ4v) is 1.68. The average molecular weight is 226 g/mol. The highest BCUT2D eigenvalue weighted by Gasteiger charge is 2.17. The zero-order valence-electron chi connectivity index (χ0n) is 8.33. The second kappa shape index (κ2) is 5.06. The SMILES string of the molecule is C=CS(=O)(=O)CC[N+](N)c1ccccc1. The van der Waals surface area contributed by atoms with Gasteiger partial charge in [0.15, 0.2) is 16.4 Å². The van der Waals surface area contributed by atoms with E-state index in [0.29, 0.717) is 0 Å². The zero-order chi connectivity index (χ0) is 11.3. The Bertz CT molecular complexity index is 414. The number of hydrogen-bond donors (Lipinski definition) is 1. The van der Waals surface area contributed by atoms with Gasteiger partial charge in [-0.1, -0.05) is 24.8 Å². The number of nitrogens with zero attached hydrogens (tertiary/aromatic N) is 1. The lowest BCUT2D eigenvalue weighted by Gasteiger charge is -2.03. The van der Waals surface area contributed by atoms with Gasteiger partial charge < -0.3 is 0 Å². The Labute approximate surface area is 89.9 Å². The number of nitrogens with two attached hydrogens (primary N) is 1. The van der Waals surface area contributed by atoms with Crippen molar-refractivity contribution in [2.24, 2.45) is 5.84 Å². The van der Waals surface area contributed by atoms with Crippen molar-refractivity contribution in [2.45, 2.75) is 0 Å². The first-order valence-corrected chi connectivity index (χ1v) is 6.19. The molecule has 1 aromatic carbocycles. The number of anilines is 1. The minimum Gasteiger partial charge on any atom is -0.224 e. The molecule has 0 atom stereocenters. The standard InChI is InChI=1S/C10H14N2O2S/c1-2-15(13,14)9-8-12(11)10-6-4-3-5-7-10/h2-7H,1,8-9,11H2/q+1. The smallest absolute Gasteiger partial charge is 0.202 e. The first kappa shape index (κ1) is 11.9. The Morgan fingerprint density at radius 2 is 1.93 bits per heavy atom. The van der Waals surface area contributed by atoms with Crippen molar-refractivity contribution < 1.29 is 8.42 Å². The van der Waals surface area contributed by atoms with Gasteiger partial charge in [-0.15, -0.1) is 5.84 Å². The summed E-state index contributed by atoms with van der Waals surface area (Å²) in [5.74, 6) is 5.67. The van der Waals surface area contributed by atoms with Gasteiger partial charge in [0.2, 0.25) is 5.69 Å². The van der Waals surface area contributed by atoms with Crippen molar-refractivity contribution in [3.05, 3.63) is 42.3 Å². The van der Waals surface area contributed by atoms with E-state index in [9.17, 15) is 8.42 Å². The normalized spacial score (nSPS) is 11.6. The summed E-state index contributed by atoms with van der Waals surface area (Å²) < 4.78 is 22.3. The monoisotopic (exact) mass is 226 g/mol. The Hall–Kier alpha value is -1.17. The molecule has 0 unspecified atom stereocenters. The molecule has 0 amide bonds. The Kier molecular flexibility index (Phi) is 4.02. The van der Waals surface area contributed by atoms with E-state index in [-0.39, 0.29) is 12.3 Å². The molecule has 0 aliphatic carbocycles. The summed E-state index contributed by atoms with van der Waals surface area (Å²) in [6.07, 6.45) is 0. The van der Waals surface area contributed by atoms with Gasteiger partial charge in [0.05, 0.1) is 0 Å². The highest BCUT2D eigenvalue weighted by atomic mass is 32.2. The Balaban J connectivity index is 2.58.